The quantitative estimate of drug-likeness (QED) is 0.545. The third-order valence-electron chi connectivity index (χ3n) is 2.84. The Hall–Kier alpha value is -3.62. The fourth-order valence-electron chi connectivity index (χ4n) is 1.87. The Morgan fingerprint density at radius 3 is 2.43 bits per heavy atom. The topological polar surface area (TPSA) is 119 Å². The summed E-state index contributed by atoms with van der Waals surface area (Å²) in [4.78, 5) is 26.8. The molecule has 0 bridgehead atoms. The number of rotatable bonds is 5. The van der Waals surface area contributed by atoms with Gasteiger partial charge in [0.25, 0.3) is 0 Å². The third kappa shape index (κ3) is 3.35. The first kappa shape index (κ1) is 14.3. The summed E-state index contributed by atoms with van der Waals surface area (Å²) in [5.41, 5.74) is 0.306. The highest BCUT2D eigenvalue weighted by Crippen LogP contribution is 2.32. The maximum absolute atomic E-state index is 11.4. The SMILES string of the molecule is O=[N+]([O-])c1c(Nc2cccnc2)ncnc1Nc1ccccn1. The minimum atomic E-state index is -0.552. The zero-order valence-corrected chi connectivity index (χ0v) is 11.7. The van der Waals surface area contributed by atoms with Crippen LogP contribution in [0.1, 0.15) is 0 Å². The van der Waals surface area contributed by atoms with Crippen molar-refractivity contribution in [3.8, 4) is 0 Å². The van der Waals surface area contributed by atoms with E-state index in [1.165, 1.54) is 12.5 Å². The first-order valence-electron chi connectivity index (χ1n) is 6.58. The maximum Gasteiger partial charge on any atom is 0.353 e. The second kappa shape index (κ2) is 6.43. The lowest BCUT2D eigenvalue weighted by atomic mass is 10.3. The van der Waals surface area contributed by atoms with Crippen LogP contribution in [0.15, 0.2) is 55.2 Å². The lowest BCUT2D eigenvalue weighted by Crippen LogP contribution is -2.06. The Morgan fingerprint density at radius 1 is 0.957 bits per heavy atom. The summed E-state index contributed by atoms with van der Waals surface area (Å²) in [5.74, 6) is 0.563. The Kier molecular flexibility index (Phi) is 4.01. The molecule has 2 N–H and O–H groups in total. The highest BCUT2D eigenvalue weighted by Gasteiger charge is 2.23. The predicted molar refractivity (Wildman–Crippen MR) is 83.7 cm³/mol. The molecule has 0 aliphatic heterocycles. The number of aromatic nitrogens is 4. The molecular weight excluding hydrogens is 298 g/mol. The molecule has 3 rings (SSSR count). The fourth-order valence-corrected chi connectivity index (χ4v) is 1.87. The van der Waals surface area contributed by atoms with Crippen molar-refractivity contribution in [2.24, 2.45) is 0 Å². The van der Waals surface area contributed by atoms with Crippen LogP contribution in [-0.4, -0.2) is 24.9 Å². The molecule has 0 unspecified atom stereocenters. The van der Waals surface area contributed by atoms with Gasteiger partial charge in [0.2, 0.25) is 11.6 Å². The lowest BCUT2D eigenvalue weighted by molar-refractivity contribution is -0.383. The summed E-state index contributed by atoms with van der Waals surface area (Å²) in [6, 6.07) is 8.62. The molecule has 0 aromatic carbocycles. The monoisotopic (exact) mass is 309 g/mol. The zero-order valence-electron chi connectivity index (χ0n) is 11.7. The summed E-state index contributed by atoms with van der Waals surface area (Å²) in [5, 5.41) is 17.1. The lowest BCUT2D eigenvalue weighted by Gasteiger charge is -2.09. The molecule has 0 saturated heterocycles. The first-order chi connectivity index (χ1) is 11.2. The smallest absolute Gasteiger partial charge is 0.333 e. The Balaban J connectivity index is 1.97. The Labute approximate surface area is 130 Å². The van der Waals surface area contributed by atoms with Crippen molar-refractivity contribution in [3.63, 3.8) is 0 Å². The van der Waals surface area contributed by atoms with Crippen molar-refractivity contribution in [2.45, 2.75) is 0 Å². The molecule has 3 aromatic rings. The van der Waals surface area contributed by atoms with Crippen molar-refractivity contribution < 1.29 is 4.92 Å². The van der Waals surface area contributed by atoms with Gasteiger partial charge >= 0.3 is 5.69 Å². The van der Waals surface area contributed by atoms with Crippen LogP contribution < -0.4 is 10.6 Å². The molecule has 114 valence electrons. The van der Waals surface area contributed by atoms with E-state index in [9.17, 15) is 10.1 Å². The molecule has 3 aromatic heterocycles. The number of nitrogens with one attached hydrogen (secondary N) is 2. The average molecular weight is 309 g/mol. The predicted octanol–water partition coefficient (Wildman–Crippen LogP) is 2.66. The summed E-state index contributed by atoms with van der Waals surface area (Å²) in [7, 11) is 0. The van der Waals surface area contributed by atoms with Crippen molar-refractivity contribution in [2.75, 3.05) is 10.6 Å². The number of pyridine rings is 2. The number of hydrogen-bond acceptors (Lipinski definition) is 8. The Bertz CT molecular complexity index is 752. The number of anilines is 4. The molecule has 0 spiro atoms. The van der Waals surface area contributed by atoms with E-state index in [2.05, 4.69) is 30.6 Å². The molecular formula is C14H11N7O2. The van der Waals surface area contributed by atoms with Gasteiger partial charge in [-0.3, -0.25) is 15.1 Å². The second-order valence-electron chi connectivity index (χ2n) is 4.38. The summed E-state index contributed by atoms with van der Waals surface area (Å²) in [6.45, 7) is 0. The average Bonchev–Trinajstić information content (AvgIpc) is 2.56. The van der Waals surface area contributed by atoms with Crippen LogP contribution in [0.3, 0.4) is 0 Å². The number of nitro groups is 1. The van der Waals surface area contributed by atoms with E-state index < -0.39 is 4.92 Å². The molecule has 0 atom stereocenters. The maximum atomic E-state index is 11.4. The van der Waals surface area contributed by atoms with Crippen LogP contribution in [0.25, 0.3) is 0 Å². The largest absolute Gasteiger partial charge is 0.353 e. The van der Waals surface area contributed by atoms with Crippen molar-refractivity contribution >= 4 is 28.8 Å². The fraction of sp³-hybridized carbons (Fsp3) is 0. The van der Waals surface area contributed by atoms with Gasteiger partial charge in [-0.1, -0.05) is 6.07 Å². The molecule has 0 radical (unpaired) electrons. The minimum absolute atomic E-state index is 0.0510. The van der Waals surface area contributed by atoms with Crippen LogP contribution in [0, 0.1) is 10.1 Å². The van der Waals surface area contributed by atoms with Crippen LogP contribution in [0.4, 0.5) is 28.8 Å². The minimum Gasteiger partial charge on any atom is -0.333 e. The second-order valence-corrected chi connectivity index (χ2v) is 4.38. The van der Waals surface area contributed by atoms with Gasteiger partial charge in [0.05, 0.1) is 16.8 Å². The normalized spacial score (nSPS) is 10.1. The molecule has 0 aliphatic rings. The molecule has 0 fully saturated rings. The van der Waals surface area contributed by atoms with E-state index >= 15 is 0 Å². The van der Waals surface area contributed by atoms with Crippen molar-refractivity contribution in [3.05, 3.63) is 65.4 Å². The van der Waals surface area contributed by atoms with Gasteiger partial charge in [0, 0.05) is 12.4 Å². The molecule has 9 heteroatoms. The van der Waals surface area contributed by atoms with Crippen LogP contribution in [-0.2, 0) is 0 Å². The van der Waals surface area contributed by atoms with Gasteiger partial charge in [-0.15, -0.1) is 0 Å². The van der Waals surface area contributed by atoms with Crippen molar-refractivity contribution in [1.29, 1.82) is 0 Å². The summed E-state index contributed by atoms with van der Waals surface area (Å²) in [6.07, 6.45) is 5.95. The standard InChI is InChI=1S/C14H11N7O2/c22-21(23)12-13(19-10-4-3-6-15-8-10)17-9-18-14(12)20-11-5-1-2-7-16-11/h1-9H,(H2,16,17,18,19,20). The van der Waals surface area contributed by atoms with Crippen LogP contribution in [0.5, 0.6) is 0 Å². The van der Waals surface area contributed by atoms with E-state index in [1.807, 2.05) is 0 Å². The molecule has 3 heterocycles. The summed E-state index contributed by atoms with van der Waals surface area (Å²) < 4.78 is 0. The third-order valence-corrected chi connectivity index (χ3v) is 2.84. The van der Waals surface area contributed by atoms with Crippen LogP contribution in [0.2, 0.25) is 0 Å². The van der Waals surface area contributed by atoms with Gasteiger partial charge in [0.15, 0.2) is 0 Å². The molecule has 0 aliphatic carbocycles. The van der Waals surface area contributed by atoms with E-state index in [4.69, 9.17) is 0 Å². The summed E-state index contributed by atoms with van der Waals surface area (Å²) >= 11 is 0. The number of nitrogens with zero attached hydrogens (tertiary/aromatic N) is 5. The van der Waals surface area contributed by atoms with E-state index in [0.29, 0.717) is 11.5 Å². The van der Waals surface area contributed by atoms with Gasteiger partial charge in [-0.2, -0.15) is 0 Å². The molecule has 0 amide bonds. The molecule has 23 heavy (non-hydrogen) atoms. The highest BCUT2D eigenvalue weighted by molar-refractivity contribution is 5.75. The van der Waals surface area contributed by atoms with Crippen LogP contribution >= 0.6 is 0 Å². The highest BCUT2D eigenvalue weighted by atomic mass is 16.6. The van der Waals surface area contributed by atoms with Gasteiger partial charge in [-0.25, -0.2) is 15.0 Å². The molecule has 9 nitrogen and oxygen atoms in total. The first-order valence-corrected chi connectivity index (χ1v) is 6.58. The molecule has 0 saturated carbocycles. The van der Waals surface area contributed by atoms with Gasteiger partial charge < -0.3 is 10.6 Å². The van der Waals surface area contributed by atoms with Crippen molar-refractivity contribution in [1.82, 2.24) is 19.9 Å². The Morgan fingerprint density at radius 2 is 1.78 bits per heavy atom. The van der Waals surface area contributed by atoms with E-state index in [1.54, 1.807) is 42.7 Å². The van der Waals surface area contributed by atoms with E-state index in [0.717, 1.165) is 0 Å². The van der Waals surface area contributed by atoms with Gasteiger partial charge in [-0.05, 0) is 24.3 Å². The number of hydrogen-bond donors (Lipinski definition) is 2. The van der Waals surface area contributed by atoms with E-state index in [-0.39, 0.29) is 17.3 Å². The van der Waals surface area contributed by atoms with Gasteiger partial charge in [0.1, 0.15) is 12.1 Å². The zero-order chi connectivity index (χ0) is 16.1.